The molecule has 12 heteroatoms. The van der Waals surface area contributed by atoms with Crippen molar-refractivity contribution < 1.29 is 9.59 Å². The van der Waals surface area contributed by atoms with Crippen molar-refractivity contribution >= 4 is 23.2 Å². The standard InChI is InChI=1S/C35H44N10O2/c1-4-29-33-26(16-38-45(33)24-18-44(19-24)17-23-8-5-7-20(2)39-23)25-9-6-10-27(32(25)43(29)3)41-28(31(37)35(47)40-22-13-14-22)15-30(36)42-34(46)21-11-12-21/h5-10,15-16,21-22,24,29,41H,4,11-14,17-19,36-37H2,1-3H3,(H,40,47)(H,42,46)/b30-15+,31-28+. The Morgan fingerprint density at radius 1 is 1.04 bits per heavy atom. The number of allylic oxidation sites excluding steroid dienone is 1. The molecule has 4 heterocycles. The van der Waals surface area contributed by atoms with Gasteiger partial charge in [-0.25, -0.2) is 0 Å². The Kier molecular flexibility index (Phi) is 8.13. The highest BCUT2D eigenvalue weighted by Crippen LogP contribution is 2.49. The molecule has 7 rings (SSSR count). The summed E-state index contributed by atoms with van der Waals surface area (Å²) < 4.78 is 2.22. The van der Waals surface area contributed by atoms with Crippen molar-refractivity contribution in [3.05, 3.63) is 83.0 Å². The van der Waals surface area contributed by atoms with Crippen molar-refractivity contribution in [3.63, 3.8) is 0 Å². The average Bonchev–Trinajstić information content (AvgIpc) is 3.97. The molecule has 1 unspecified atom stereocenters. The normalized spacial score (nSPS) is 20.1. The first kappa shape index (κ1) is 30.8. The number of para-hydroxylation sites is 1. The van der Waals surface area contributed by atoms with Crippen molar-refractivity contribution in [3.8, 4) is 11.1 Å². The Labute approximate surface area is 275 Å². The van der Waals surface area contributed by atoms with Crippen molar-refractivity contribution in [2.45, 2.75) is 70.6 Å². The number of pyridine rings is 1. The second-order valence-electron chi connectivity index (χ2n) is 13.3. The predicted octanol–water partition coefficient (Wildman–Crippen LogP) is 3.40. The molecule has 7 N–H and O–H groups in total. The van der Waals surface area contributed by atoms with Crippen molar-refractivity contribution in [2.24, 2.45) is 17.4 Å². The molecule has 12 nitrogen and oxygen atoms in total. The molecule has 1 atom stereocenters. The smallest absolute Gasteiger partial charge is 0.269 e. The highest BCUT2D eigenvalue weighted by molar-refractivity contribution is 5.96. The first-order valence-corrected chi connectivity index (χ1v) is 16.6. The number of nitrogens with one attached hydrogen (secondary N) is 3. The highest BCUT2D eigenvalue weighted by atomic mass is 16.2. The number of amides is 2. The largest absolute Gasteiger partial charge is 0.393 e. The van der Waals surface area contributed by atoms with Gasteiger partial charge in [-0.2, -0.15) is 5.10 Å². The van der Waals surface area contributed by atoms with Crippen LogP contribution in [0, 0.1) is 12.8 Å². The van der Waals surface area contributed by atoms with Crippen LogP contribution in [0.4, 0.5) is 11.4 Å². The molecule has 0 radical (unpaired) electrons. The summed E-state index contributed by atoms with van der Waals surface area (Å²) in [7, 11) is 2.10. The third-order valence-electron chi connectivity index (χ3n) is 9.53. The minimum absolute atomic E-state index is 0.00698. The highest BCUT2D eigenvalue weighted by Gasteiger charge is 2.38. The molecule has 3 fully saturated rings. The first-order chi connectivity index (χ1) is 22.7. The van der Waals surface area contributed by atoms with E-state index in [0.717, 1.165) is 85.6 Å². The minimum Gasteiger partial charge on any atom is -0.393 e. The Hall–Kier alpha value is -4.84. The third-order valence-corrected chi connectivity index (χ3v) is 9.53. The zero-order chi connectivity index (χ0) is 32.8. The van der Waals surface area contributed by atoms with Crippen LogP contribution in [0.25, 0.3) is 11.1 Å². The van der Waals surface area contributed by atoms with Crippen LogP contribution in [0.15, 0.2) is 65.9 Å². The number of hydrogen-bond donors (Lipinski definition) is 5. The maximum Gasteiger partial charge on any atom is 0.269 e. The van der Waals surface area contributed by atoms with Crippen LogP contribution in [0.5, 0.6) is 0 Å². The fraction of sp³-hybridized carbons (Fsp3) is 0.429. The van der Waals surface area contributed by atoms with E-state index in [0.29, 0.717) is 5.70 Å². The molecule has 2 amide bonds. The number of carbonyl (C=O) groups excluding carboxylic acids is 2. The summed E-state index contributed by atoms with van der Waals surface area (Å²) in [6, 6.07) is 12.7. The maximum absolute atomic E-state index is 13.1. The molecule has 0 bridgehead atoms. The monoisotopic (exact) mass is 636 g/mol. The quantitative estimate of drug-likeness (QED) is 0.157. The number of aryl methyl sites for hydroxylation is 1. The Morgan fingerprint density at radius 2 is 1.81 bits per heavy atom. The van der Waals surface area contributed by atoms with Crippen LogP contribution < -0.4 is 32.3 Å². The van der Waals surface area contributed by atoms with Gasteiger partial charge in [0.2, 0.25) is 5.91 Å². The van der Waals surface area contributed by atoms with Crippen LogP contribution in [0.1, 0.15) is 68.2 Å². The molecule has 3 aromatic rings. The summed E-state index contributed by atoms with van der Waals surface area (Å²) in [5.41, 5.74) is 20.3. The molecule has 4 aliphatic rings. The molecule has 2 aliphatic carbocycles. The van der Waals surface area contributed by atoms with Crippen LogP contribution in [-0.4, -0.2) is 57.7 Å². The SMILES string of the molecule is CCC1c2c(cnn2C2CN(Cc3cccc(C)n3)C2)-c2cccc(NC(/C=C(\N)NC(=O)C3CC3)=C(/N)C(=O)NC3CC3)c2N1C. The van der Waals surface area contributed by atoms with Crippen LogP contribution >= 0.6 is 0 Å². The first-order valence-electron chi connectivity index (χ1n) is 16.6. The van der Waals surface area contributed by atoms with E-state index in [1.54, 1.807) is 6.08 Å². The number of anilines is 2. The van der Waals surface area contributed by atoms with E-state index < -0.39 is 0 Å². The van der Waals surface area contributed by atoms with Crippen molar-refractivity contribution in [2.75, 3.05) is 30.4 Å². The number of likely N-dealkylation sites (tertiary alicyclic amines) is 1. The number of fused-ring (bicyclic) bond motifs is 3. The summed E-state index contributed by atoms with van der Waals surface area (Å²) in [6.45, 7) is 6.88. The zero-order valence-corrected chi connectivity index (χ0v) is 27.3. The average molecular weight is 637 g/mol. The number of carbonyl (C=O) groups is 2. The Balaban J connectivity index is 1.17. The Morgan fingerprint density at radius 3 is 2.51 bits per heavy atom. The molecule has 1 aromatic carbocycles. The van der Waals surface area contributed by atoms with E-state index in [1.807, 2.05) is 31.3 Å². The molecule has 0 spiro atoms. The number of aromatic nitrogens is 3. The van der Waals surface area contributed by atoms with Gasteiger partial charge in [-0.15, -0.1) is 0 Å². The molecular formula is C35H44N10O2. The van der Waals surface area contributed by atoms with Gasteiger partial charge in [0.25, 0.3) is 5.91 Å². The third kappa shape index (κ3) is 6.29. The summed E-state index contributed by atoms with van der Waals surface area (Å²) in [6.07, 6.45) is 7.99. The van der Waals surface area contributed by atoms with E-state index in [1.165, 1.54) is 5.69 Å². The number of benzene rings is 1. The molecule has 2 saturated carbocycles. The topological polar surface area (TPSA) is 159 Å². The van der Waals surface area contributed by atoms with Gasteiger partial charge in [-0.1, -0.05) is 25.1 Å². The molecule has 47 heavy (non-hydrogen) atoms. The Bertz CT molecular complexity index is 1760. The van der Waals surface area contributed by atoms with Crippen LogP contribution in [0.2, 0.25) is 0 Å². The molecule has 1 saturated heterocycles. The molecule has 2 aromatic heterocycles. The van der Waals surface area contributed by atoms with E-state index in [4.69, 9.17) is 16.6 Å². The van der Waals surface area contributed by atoms with E-state index in [2.05, 4.69) is 67.6 Å². The molecule has 246 valence electrons. The lowest BCUT2D eigenvalue weighted by molar-refractivity contribution is -0.121. The van der Waals surface area contributed by atoms with E-state index in [9.17, 15) is 9.59 Å². The summed E-state index contributed by atoms with van der Waals surface area (Å²) in [5.74, 6) is -0.365. The predicted molar refractivity (Wildman–Crippen MR) is 182 cm³/mol. The van der Waals surface area contributed by atoms with Crippen molar-refractivity contribution in [1.29, 1.82) is 0 Å². The van der Waals surface area contributed by atoms with Gasteiger partial charge in [-0.05, 0) is 57.2 Å². The van der Waals surface area contributed by atoms with Gasteiger partial charge in [0, 0.05) is 61.5 Å². The van der Waals surface area contributed by atoms with Gasteiger partial charge >= 0.3 is 0 Å². The summed E-state index contributed by atoms with van der Waals surface area (Å²) >= 11 is 0. The lowest BCUT2D eigenvalue weighted by Crippen LogP contribution is -2.48. The second kappa shape index (κ2) is 12.4. The molecular weight excluding hydrogens is 592 g/mol. The zero-order valence-electron chi connectivity index (χ0n) is 27.3. The van der Waals surface area contributed by atoms with E-state index >= 15 is 0 Å². The summed E-state index contributed by atoms with van der Waals surface area (Å²) in [5, 5.41) is 14.1. The van der Waals surface area contributed by atoms with E-state index in [-0.39, 0.29) is 47.4 Å². The minimum atomic E-state index is -0.367. The fourth-order valence-electron chi connectivity index (χ4n) is 6.71. The lowest BCUT2D eigenvalue weighted by atomic mass is 9.91. The molecule has 2 aliphatic heterocycles. The lowest BCUT2D eigenvalue weighted by Gasteiger charge is -2.43. The summed E-state index contributed by atoms with van der Waals surface area (Å²) in [4.78, 5) is 34.9. The van der Waals surface area contributed by atoms with Gasteiger partial charge in [0.15, 0.2) is 0 Å². The number of hydrogen-bond acceptors (Lipinski definition) is 9. The second-order valence-corrected chi connectivity index (χ2v) is 13.3. The van der Waals surface area contributed by atoms with Gasteiger partial charge in [0.05, 0.1) is 46.7 Å². The van der Waals surface area contributed by atoms with Gasteiger partial charge in [0.1, 0.15) is 11.5 Å². The van der Waals surface area contributed by atoms with Gasteiger partial charge in [-0.3, -0.25) is 24.2 Å². The number of rotatable bonds is 11. The number of nitrogens with zero attached hydrogens (tertiary/aromatic N) is 5. The van der Waals surface area contributed by atoms with Crippen molar-refractivity contribution in [1.82, 2.24) is 30.3 Å². The fourth-order valence-corrected chi connectivity index (χ4v) is 6.71. The van der Waals surface area contributed by atoms with Gasteiger partial charge < -0.3 is 32.3 Å². The van der Waals surface area contributed by atoms with Crippen LogP contribution in [0.3, 0.4) is 0 Å². The van der Waals surface area contributed by atoms with Crippen LogP contribution in [-0.2, 0) is 16.1 Å². The number of nitrogens with two attached hydrogens (primary N) is 2. The maximum atomic E-state index is 13.1.